The number of amides is 3. The lowest BCUT2D eigenvalue weighted by molar-refractivity contribution is 0.102. The molecule has 4 N–H and O–H groups in total. The van der Waals surface area contributed by atoms with E-state index in [1.54, 1.807) is 18.2 Å². The molecule has 3 amide bonds. The minimum Gasteiger partial charge on any atom is -0.460 e. The highest BCUT2D eigenvalue weighted by Gasteiger charge is 2.19. The van der Waals surface area contributed by atoms with Gasteiger partial charge in [-0.3, -0.25) is 10.1 Å². The molecule has 0 saturated carbocycles. The van der Waals surface area contributed by atoms with Crippen molar-refractivity contribution in [2.45, 2.75) is 12.8 Å². The molecule has 0 aliphatic heterocycles. The van der Waals surface area contributed by atoms with Gasteiger partial charge in [-0.1, -0.05) is 54.7 Å². The Hall–Kier alpha value is -4.04. The summed E-state index contributed by atoms with van der Waals surface area (Å²) in [5, 5.41) is 5.96. The van der Waals surface area contributed by atoms with E-state index in [1.807, 2.05) is 36.4 Å². The lowest BCUT2D eigenvalue weighted by atomic mass is 10.0. The third-order valence-electron chi connectivity index (χ3n) is 5.10. The summed E-state index contributed by atoms with van der Waals surface area (Å²) in [5.41, 5.74) is 8.09. The highest BCUT2D eigenvalue weighted by atomic mass is 32.1. The summed E-state index contributed by atoms with van der Waals surface area (Å²) >= 11 is 5.36. The van der Waals surface area contributed by atoms with Gasteiger partial charge in [0.2, 0.25) is 0 Å². The van der Waals surface area contributed by atoms with Gasteiger partial charge in [-0.2, -0.15) is 0 Å². The molecular weight excluding hydrogens is 441 g/mol. The monoisotopic (exact) mass is 461 g/mol. The van der Waals surface area contributed by atoms with E-state index >= 15 is 0 Å². The number of aryl methyl sites for hydroxylation is 2. The molecule has 4 aromatic rings. The lowest BCUT2D eigenvalue weighted by Crippen LogP contribution is -2.34. The van der Waals surface area contributed by atoms with E-state index in [1.165, 1.54) is 18.2 Å². The van der Waals surface area contributed by atoms with Crippen molar-refractivity contribution in [2.24, 2.45) is 5.73 Å². The topological polar surface area (TPSA) is 97.4 Å². The normalized spacial score (nSPS) is 10.7. The number of anilines is 1. The van der Waals surface area contributed by atoms with Gasteiger partial charge in [0.05, 0.1) is 11.1 Å². The van der Waals surface area contributed by atoms with Crippen molar-refractivity contribution >= 4 is 45.8 Å². The Morgan fingerprint density at radius 1 is 0.939 bits per heavy atom. The van der Waals surface area contributed by atoms with Crippen molar-refractivity contribution in [1.82, 2.24) is 5.32 Å². The molecular formula is C25H20FN3O3S. The largest absolute Gasteiger partial charge is 0.460 e. The van der Waals surface area contributed by atoms with E-state index in [9.17, 15) is 14.0 Å². The molecule has 0 bridgehead atoms. The quantitative estimate of drug-likeness (QED) is 0.354. The number of benzene rings is 3. The van der Waals surface area contributed by atoms with Crippen LogP contribution >= 0.6 is 12.2 Å². The number of para-hydroxylation sites is 1. The summed E-state index contributed by atoms with van der Waals surface area (Å²) in [6.45, 7) is 0. The van der Waals surface area contributed by atoms with Crippen LogP contribution in [0.1, 0.15) is 27.2 Å². The zero-order chi connectivity index (χ0) is 23.4. The molecule has 0 aliphatic rings. The van der Waals surface area contributed by atoms with Crippen LogP contribution in [0.3, 0.4) is 0 Å². The Labute approximate surface area is 194 Å². The van der Waals surface area contributed by atoms with Gasteiger partial charge in [-0.05, 0) is 42.3 Å². The van der Waals surface area contributed by atoms with E-state index in [0.717, 1.165) is 10.9 Å². The molecule has 166 valence electrons. The number of rotatable bonds is 6. The second-order valence-corrected chi connectivity index (χ2v) is 7.75. The molecule has 8 heteroatoms. The van der Waals surface area contributed by atoms with Crippen molar-refractivity contribution in [3.05, 3.63) is 101 Å². The lowest BCUT2D eigenvalue weighted by Gasteiger charge is -2.08. The van der Waals surface area contributed by atoms with Gasteiger partial charge < -0.3 is 15.5 Å². The molecule has 0 saturated heterocycles. The fourth-order valence-corrected chi connectivity index (χ4v) is 3.88. The molecule has 1 aromatic heterocycles. The van der Waals surface area contributed by atoms with Gasteiger partial charge in [0, 0.05) is 17.5 Å². The number of carbonyl (C=O) groups excluding carboxylic acids is 2. The predicted molar refractivity (Wildman–Crippen MR) is 129 cm³/mol. The fourth-order valence-electron chi connectivity index (χ4n) is 3.55. The summed E-state index contributed by atoms with van der Waals surface area (Å²) in [5.74, 6) is -0.438. The van der Waals surface area contributed by atoms with Gasteiger partial charge in [0.1, 0.15) is 22.1 Å². The second-order valence-electron chi connectivity index (χ2n) is 7.35. The highest BCUT2D eigenvalue weighted by molar-refractivity contribution is 7.80. The number of thiocarbonyl (C=S) groups is 1. The van der Waals surface area contributed by atoms with Gasteiger partial charge in [0.25, 0.3) is 5.91 Å². The molecule has 0 aliphatic carbocycles. The summed E-state index contributed by atoms with van der Waals surface area (Å²) in [4.78, 5) is 23.8. The van der Waals surface area contributed by atoms with Crippen LogP contribution in [0.5, 0.6) is 0 Å². The van der Waals surface area contributed by atoms with E-state index in [4.69, 9.17) is 22.4 Å². The maximum absolute atomic E-state index is 13.8. The summed E-state index contributed by atoms with van der Waals surface area (Å²) in [6, 6.07) is 19.8. The molecule has 6 nitrogen and oxygen atoms in total. The second kappa shape index (κ2) is 9.62. The van der Waals surface area contributed by atoms with Crippen molar-refractivity contribution < 1.29 is 18.4 Å². The van der Waals surface area contributed by atoms with Gasteiger partial charge in [0.15, 0.2) is 0 Å². The molecule has 0 fully saturated rings. The molecule has 33 heavy (non-hydrogen) atoms. The van der Waals surface area contributed by atoms with E-state index in [0.29, 0.717) is 35.4 Å². The number of halogens is 1. The molecule has 0 radical (unpaired) electrons. The molecule has 0 unspecified atom stereocenters. The molecule has 3 aromatic carbocycles. The van der Waals surface area contributed by atoms with E-state index in [2.05, 4.69) is 10.6 Å². The molecule has 4 rings (SSSR count). The number of primary amides is 1. The van der Waals surface area contributed by atoms with Crippen LogP contribution in [-0.4, -0.2) is 16.9 Å². The van der Waals surface area contributed by atoms with Crippen molar-refractivity contribution in [3.8, 4) is 0 Å². The number of fused-ring (bicyclic) bond motifs is 1. The summed E-state index contributed by atoms with van der Waals surface area (Å²) in [7, 11) is 0. The summed E-state index contributed by atoms with van der Waals surface area (Å²) < 4.78 is 19.8. The average Bonchev–Trinajstić information content (AvgIpc) is 3.17. The third-order valence-corrected chi connectivity index (χ3v) is 5.41. The number of nitrogens with one attached hydrogen (secondary N) is 2. The zero-order valence-electron chi connectivity index (χ0n) is 17.4. The van der Waals surface area contributed by atoms with Gasteiger partial charge in [-0.15, -0.1) is 0 Å². The van der Waals surface area contributed by atoms with Crippen molar-refractivity contribution in [1.29, 1.82) is 0 Å². The Bertz CT molecular complexity index is 1350. The first-order valence-corrected chi connectivity index (χ1v) is 10.6. The van der Waals surface area contributed by atoms with Crippen LogP contribution in [-0.2, 0) is 12.8 Å². The maximum atomic E-state index is 13.8. The van der Waals surface area contributed by atoms with Crippen LogP contribution in [0.4, 0.5) is 14.9 Å². The smallest absolute Gasteiger partial charge is 0.317 e. The fraction of sp³-hybridized carbons (Fsp3) is 0.0800. The number of carbonyl (C=O) groups is 2. The van der Waals surface area contributed by atoms with E-state index < -0.39 is 17.8 Å². The van der Waals surface area contributed by atoms with Crippen LogP contribution in [0.2, 0.25) is 0 Å². The van der Waals surface area contributed by atoms with Crippen LogP contribution in [0.25, 0.3) is 11.0 Å². The van der Waals surface area contributed by atoms with Crippen LogP contribution < -0.4 is 16.4 Å². The number of hydrogen-bond donors (Lipinski definition) is 3. The molecule has 1 heterocycles. The minimum atomic E-state index is -0.732. The Morgan fingerprint density at radius 2 is 1.64 bits per heavy atom. The van der Waals surface area contributed by atoms with Gasteiger partial charge in [-0.25, -0.2) is 9.18 Å². The Morgan fingerprint density at radius 3 is 2.36 bits per heavy atom. The highest BCUT2D eigenvalue weighted by Crippen LogP contribution is 2.27. The Balaban J connectivity index is 1.47. The van der Waals surface area contributed by atoms with Crippen LogP contribution in [0, 0.1) is 5.82 Å². The first kappa shape index (κ1) is 22.2. The Kier molecular flexibility index (Phi) is 6.46. The summed E-state index contributed by atoms with van der Waals surface area (Å²) in [6.07, 6.45) is 1.17. The molecule has 0 atom stereocenters. The SMILES string of the molecule is NC(=O)NC(=S)c1c(CCc2ccc(NC(=O)c3ccccc3F)cc2)oc2ccccc12. The minimum absolute atomic E-state index is 0.0143. The first-order chi connectivity index (χ1) is 15.9. The maximum Gasteiger partial charge on any atom is 0.317 e. The average molecular weight is 462 g/mol. The predicted octanol–water partition coefficient (Wildman–Crippen LogP) is 4.95. The van der Waals surface area contributed by atoms with Crippen molar-refractivity contribution in [3.63, 3.8) is 0 Å². The number of hydrogen-bond acceptors (Lipinski definition) is 4. The number of nitrogens with two attached hydrogens (primary N) is 1. The standard InChI is InChI=1S/C25H20FN3O3S/c26-19-7-3-1-5-17(19)23(30)28-16-12-9-15(10-13-16)11-14-21-22(24(33)29-25(27)31)18-6-2-4-8-20(18)32-21/h1-10,12-13H,11,14H2,(H,28,30)(H3,27,29,31,33). The zero-order valence-corrected chi connectivity index (χ0v) is 18.2. The van der Waals surface area contributed by atoms with Gasteiger partial charge >= 0.3 is 6.03 Å². The molecule has 0 spiro atoms. The van der Waals surface area contributed by atoms with Crippen molar-refractivity contribution in [2.75, 3.05) is 5.32 Å². The third kappa shape index (κ3) is 5.07. The first-order valence-electron chi connectivity index (χ1n) is 10.2. The van der Waals surface area contributed by atoms with Crippen LogP contribution in [0.15, 0.2) is 77.2 Å². The number of urea groups is 1. The number of furan rings is 1. The van der Waals surface area contributed by atoms with E-state index in [-0.39, 0.29) is 10.6 Å².